The van der Waals surface area contributed by atoms with E-state index in [-0.39, 0.29) is 0 Å². The summed E-state index contributed by atoms with van der Waals surface area (Å²) in [7, 11) is 0. The first-order chi connectivity index (χ1) is 8.19. The first-order valence-electron chi connectivity index (χ1n) is 5.51. The average Bonchev–Trinajstić information content (AvgIpc) is 2.35. The molecule has 17 heavy (non-hydrogen) atoms. The SMILES string of the molecule is CCc1ccc(Sc2ccc(N)c(Br)c2)cc1. The number of nitrogen functional groups attached to an aromatic ring is 1. The smallest absolute Gasteiger partial charge is 0.0459 e. The molecule has 3 heteroatoms. The topological polar surface area (TPSA) is 26.0 Å². The van der Waals surface area contributed by atoms with Gasteiger partial charge in [-0.1, -0.05) is 30.8 Å². The van der Waals surface area contributed by atoms with E-state index in [0.29, 0.717) is 0 Å². The molecular formula is C14H14BrNS. The maximum Gasteiger partial charge on any atom is 0.0459 e. The number of anilines is 1. The Labute approximate surface area is 115 Å². The zero-order chi connectivity index (χ0) is 12.3. The van der Waals surface area contributed by atoms with Gasteiger partial charge in [-0.05, 0) is 58.2 Å². The maximum atomic E-state index is 5.76. The second-order valence-electron chi connectivity index (χ2n) is 3.78. The van der Waals surface area contributed by atoms with E-state index in [2.05, 4.69) is 47.1 Å². The minimum Gasteiger partial charge on any atom is -0.398 e. The van der Waals surface area contributed by atoms with Gasteiger partial charge in [0, 0.05) is 20.0 Å². The van der Waals surface area contributed by atoms with Gasteiger partial charge in [-0.2, -0.15) is 0 Å². The van der Waals surface area contributed by atoms with E-state index < -0.39 is 0 Å². The lowest BCUT2D eigenvalue weighted by Gasteiger charge is -2.05. The zero-order valence-corrected chi connectivity index (χ0v) is 12.0. The molecule has 2 N–H and O–H groups in total. The summed E-state index contributed by atoms with van der Waals surface area (Å²) in [5.74, 6) is 0. The van der Waals surface area contributed by atoms with Crippen molar-refractivity contribution in [3.05, 3.63) is 52.5 Å². The molecule has 2 aromatic carbocycles. The van der Waals surface area contributed by atoms with Gasteiger partial charge in [-0.25, -0.2) is 0 Å². The Morgan fingerprint density at radius 3 is 2.29 bits per heavy atom. The van der Waals surface area contributed by atoms with Crippen LogP contribution in [0.4, 0.5) is 5.69 Å². The van der Waals surface area contributed by atoms with Gasteiger partial charge in [0.2, 0.25) is 0 Å². The molecule has 0 aliphatic carbocycles. The van der Waals surface area contributed by atoms with Crippen LogP contribution in [0.15, 0.2) is 56.7 Å². The molecule has 2 rings (SSSR count). The minimum atomic E-state index is 0.774. The number of nitrogens with two attached hydrogens (primary N) is 1. The van der Waals surface area contributed by atoms with Crippen molar-refractivity contribution in [1.82, 2.24) is 0 Å². The predicted octanol–water partition coefficient (Wildman–Crippen LogP) is 4.74. The third kappa shape index (κ3) is 3.27. The fourth-order valence-corrected chi connectivity index (χ4v) is 2.89. The lowest BCUT2D eigenvalue weighted by Crippen LogP contribution is -1.86. The van der Waals surface area contributed by atoms with Gasteiger partial charge in [-0.15, -0.1) is 0 Å². The number of rotatable bonds is 3. The summed E-state index contributed by atoms with van der Waals surface area (Å²) in [6.07, 6.45) is 1.08. The Bertz CT molecular complexity index is 508. The van der Waals surface area contributed by atoms with Gasteiger partial charge >= 0.3 is 0 Å². The van der Waals surface area contributed by atoms with E-state index in [4.69, 9.17) is 5.73 Å². The summed E-state index contributed by atoms with van der Waals surface area (Å²) in [6, 6.07) is 14.7. The van der Waals surface area contributed by atoms with Crippen LogP contribution in [0.3, 0.4) is 0 Å². The van der Waals surface area contributed by atoms with Gasteiger partial charge in [0.05, 0.1) is 0 Å². The molecular weight excluding hydrogens is 294 g/mol. The number of aryl methyl sites for hydroxylation is 1. The van der Waals surface area contributed by atoms with E-state index in [0.717, 1.165) is 16.6 Å². The van der Waals surface area contributed by atoms with Crippen LogP contribution < -0.4 is 5.73 Å². The summed E-state index contributed by atoms with van der Waals surface area (Å²) in [5.41, 5.74) is 7.91. The highest BCUT2D eigenvalue weighted by Gasteiger charge is 2.00. The molecule has 0 saturated heterocycles. The van der Waals surface area contributed by atoms with Crippen molar-refractivity contribution < 1.29 is 0 Å². The van der Waals surface area contributed by atoms with Crippen molar-refractivity contribution in [2.24, 2.45) is 0 Å². The molecule has 0 unspecified atom stereocenters. The van der Waals surface area contributed by atoms with Gasteiger partial charge < -0.3 is 5.73 Å². The Morgan fingerprint density at radius 2 is 1.71 bits per heavy atom. The van der Waals surface area contributed by atoms with E-state index >= 15 is 0 Å². The second kappa shape index (κ2) is 5.61. The van der Waals surface area contributed by atoms with Crippen molar-refractivity contribution >= 4 is 33.4 Å². The van der Waals surface area contributed by atoms with E-state index in [1.165, 1.54) is 15.4 Å². The van der Waals surface area contributed by atoms with Crippen LogP contribution in [0.2, 0.25) is 0 Å². The van der Waals surface area contributed by atoms with Crippen LogP contribution >= 0.6 is 27.7 Å². The zero-order valence-electron chi connectivity index (χ0n) is 9.61. The molecule has 88 valence electrons. The van der Waals surface area contributed by atoms with Crippen LogP contribution in [0, 0.1) is 0 Å². The molecule has 0 heterocycles. The first kappa shape index (κ1) is 12.5. The summed E-state index contributed by atoms with van der Waals surface area (Å²) in [4.78, 5) is 2.44. The van der Waals surface area contributed by atoms with Crippen LogP contribution in [0.25, 0.3) is 0 Å². The van der Waals surface area contributed by atoms with Crippen molar-refractivity contribution in [3.8, 4) is 0 Å². The van der Waals surface area contributed by atoms with Crippen molar-refractivity contribution in [2.75, 3.05) is 5.73 Å². The van der Waals surface area contributed by atoms with Gasteiger partial charge in [0.1, 0.15) is 0 Å². The molecule has 0 radical (unpaired) electrons. The van der Waals surface area contributed by atoms with E-state index in [9.17, 15) is 0 Å². The second-order valence-corrected chi connectivity index (χ2v) is 5.78. The van der Waals surface area contributed by atoms with Gasteiger partial charge in [0.25, 0.3) is 0 Å². The fourth-order valence-electron chi connectivity index (χ4n) is 1.50. The summed E-state index contributed by atoms with van der Waals surface area (Å²) >= 11 is 5.19. The molecule has 0 spiro atoms. The van der Waals surface area contributed by atoms with Crippen LogP contribution in [0.1, 0.15) is 12.5 Å². The molecule has 0 aliphatic heterocycles. The normalized spacial score (nSPS) is 10.5. The Hall–Kier alpha value is -0.930. The third-order valence-electron chi connectivity index (χ3n) is 2.54. The standard InChI is InChI=1S/C14H14BrNS/c1-2-10-3-5-11(6-4-10)17-12-7-8-14(16)13(15)9-12/h3-9H,2,16H2,1H3. The number of halogens is 1. The lowest BCUT2D eigenvalue weighted by atomic mass is 10.2. The number of benzene rings is 2. The Kier molecular flexibility index (Phi) is 4.13. The summed E-state index contributed by atoms with van der Waals surface area (Å²) in [5, 5.41) is 0. The van der Waals surface area contributed by atoms with Crippen molar-refractivity contribution in [1.29, 1.82) is 0 Å². The Balaban J connectivity index is 2.16. The van der Waals surface area contributed by atoms with E-state index in [1.54, 1.807) is 11.8 Å². The summed E-state index contributed by atoms with van der Waals surface area (Å²) in [6.45, 7) is 2.17. The van der Waals surface area contributed by atoms with Gasteiger partial charge in [0.15, 0.2) is 0 Å². The molecule has 0 bridgehead atoms. The highest BCUT2D eigenvalue weighted by Crippen LogP contribution is 2.31. The fraction of sp³-hybridized carbons (Fsp3) is 0.143. The predicted molar refractivity (Wildman–Crippen MR) is 78.5 cm³/mol. The van der Waals surface area contributed by atoms with Crippen molar-refractivity contribution in [3.63, 3.8) is 0 Å². The van der Waals surface area contributed by atoms with Crippen LogP contribution in [-0.2, 0) is 6.42 Å². The van der Waals surface area contributed by atoms with Gasteiger partial charge in [-0.3, -0.25) is 0 Å². The van der Waals surface area contributed by atoms with Crippen LogP contribution in [-0.4, -0.2) is 0 Å². The quantitative estimate of drug-likeness (QED) is 0.828. The highest BCUT2D eigenvalue weighted by molar-refractivity contribution is 9.10. The number of hydrogen-bond donors (Lipinski definition) is 1. The Morgan fingerprint density at radius 1 is 1.06 bits per heavy atom. The molecule has 0 amide bonds. The molecule has 0 aliphatic rings. The van der Waals surface area contributed by atoms with E-state index in [1.807, 2.05) is 18.2 Å². The minimum absolute atomic E-state index is 0.774. The molecule has 1 nitrogen and oxygen atoms in total. The monoisotopic (exact) mass is 307 g/mol. The third-order valence-corrected chi connectivity index (χ3v) is 4.22. The average molecular weight is 308 g/mol. The van der Waals surface area contributed by atoms with Crippen LogP contribution in [0.5, 0.6) is 0 Å². The van der Waals surface area contributed by atoms with Crippen molar-refractivity contribution in [2.45, 2.75) is 23.1 Å². The lowest BCUT2D eigenvalue weighted by molar-refractivity contribution is 1.13. The molecule has 0 saturated carbocycles. The molecule has 0 atom stereocenters. The molecule has 0 aromatic heterocycles. The highest BCUT2D eigenvalue weighted by atomic mass is 79.9. The molecule has 2 aromatic rings. The summed E-state index contributed by atoms with van der Waals surface area (Å²) < 4.78 is 0.952. The maximum absolute atomic E-state index is 5.76. The first-order valence-corrected chi connectivity index (χ1v) is 7.12. The number of hydrogen-bond acceptors (Lipinski definition) is 2. The largest absolute Gasteiger partial charge is 0.398 e. The molecule has 0 fully saturated rings.